The van der Waals surface area contributed by atoms with Gasteiger partial charge in [0.1, 0.15) is 30.2 Å². The summed E-state index contributed by atoms with van der Waals surface area (Å²) in [6.07, 6.45) is 1.56. The molecule has 194 valence electrons. The summed E-state index contributed by atoms with van der Waals surface area (Å²) in [5.74, 6) is 0.638. The number of amides is 3. The van der Waals surface area contributed by atoms with Crippen LogP contribution in [0.1, 0.15) is 47.5 Å². The van der Waals surface area contributed by atoms with Crippen molar-refractivity contribution < 1.29 is 14.3 Å². The van der Waals surface area contributed by atoms with Gasteiger partial charge in [-0.2, -0.15) is 5.26 Å². The van der Waals surface area contributed by atoms with Gasteiger partial charge in [0, 0.05) is 24.3 Å². The van der Waals surface area contributed by atoms with Crippen LogP contribution in [0, 0.1) is 11.3 Å². The lowest BCUT2D eigenvalue weighted by atomic mass is 9.99. The first kappa shape index (κ1) is 25.7. The topological polar surface area (TPSA) is 111 Å². The Bertz CT molecular complexity index is 1420. The van der Waals surface area contributed by atoms with Crippen LogP contribution < -0.4 is 10.1 Å². The summed E-state index contributed by atoms with van der Waals surface area (Å²) in [4.78, 5) is 39.8. The van der Waals surface area contributed by atoms with Crippen LogP contribution in [0.15, 0.2) is 59.2 Å². The van der Waals surface area contributed by atoms with E-state index in [9.17, 15) is 14.9 Å². The van der Waals surface area contributed by atoms with E-state index in [4.69, 9.17) is 21.3 Å². The maximum atomic E-state index is 14.2. The summed E-state index contributed by atoms with van der Waals surface area (Å²) in [6.45, 7) is 4.48. The van der Waals surface area contributed by atoms with E-state index < -0.39 is 12.1 Å². The first-order chi connectivity index (χ1) is 18.4. The number of carbonyl (C=O) groups is 2. The minimum Gasteiger partial charge on any atom is -0.490 e. The summed E-state index contributed by atoms with van der Waals surface area (Å²) in [5, 5.41) is 12.9. The van der Waals surface area contributed by atoms with E-state index in [1.807, 2.05) is 26.0 Å². The van der Waals surface area contributed by atoms with E-state index in [2.05, 4.69) is 16.4 Å². The van der Waals surface area contributed by atoms with Gasteiger partial charge in [-0.25, -0.2) is 4.79 Å². The Morgan fingerprint density at radius 3 is 2.71 bits per heavy atom. The molecule has 1 fully saturated rings. The highest BCUT2D eigenvalue weighted by Crippen LogP contribution is 2.46. The number of carbonyl (C=O) groups excluding carboxylic acids is 2. The molecule has 0 unspecified atom stereocenters. The van der Waals surface area contributed by atoms with Crippen LogP contribution >= 0.6 is 22.9 Å². The zero-order valence-corrected chi connectivity index (χ0v) is 22.4. The first-order valence-electron chi connectivity index (χ1n) is 12.1. The number of nitrogens with one attached hydrogen (secondary N) is 1. The number of rotatable bonds is 5. The van der Waals surface area contributed by atoms with Crippen LogP contribution in [0.25, 0.3) is 0 Å². The molecular formula is C27H25ClN6O3S. The third-order valence-electron chi connectivity index (χ3n) is 6.25. The smallest absolute Gasteiger partial charge is 0.326 e. The molecule has 38 heavy (non-hydrogen) atoms. The largest absolute Gasteiger partial charge is 0.490 e. The molecule has 11 heteroatoms. The van der Waals surface area contributed by atoms with Gasteiger partial charge < -0.3 is 15.0 Å². The van der Waals surface area contributed by atoms with E-state index >= 15 is 0 Å². The zero-order valence-electron chi connectivity index (χ0n) is 20.8. The van der Waals surface area contributed by atoms with E-state index in [1.165, 1.54) is 16.2 Å². The maximum absolute atomic E-state index is 14.2. The number of urea groups is 1. The molecule has 2 aliphatic rings. The second-order valence-corrected chi connectivity index (χ2v) is 10.6. The molecule has 9 nitrogen and oxygen atoms in total. The molecular weight excluding hydrogens is 524 g/mol. The van der Waals surface area contributed by atoms with Crippen LogP contribution in [-0.2, 0) is 4.79 Å². The third kappa shape index (κ3) is 5.08. The molecule has 2 aromatic carbocycles. The van der Waals surface area contributed by atoms with Gasteiger partial charge in [-0.05, 0) is 49.7 Å². The number of aromatic nitrogens is 1. The monoisotopic (exact) mass is 548 g/mol. The Labute approximate surface area is 229 Å². The van der Waals surface area contributed by atoms with Crippen molar-refractivity contribution >= 4 is 40.7 Å². The van der Waals surface area contributed by atoms with Crippen molar-refractivity contribution in [2.45, 2.75) is 32.0 Å². The molecule has 3 aromatic rings. The summed E-state index contributed by atoms with van der Waals surface area (Å²) < 4.78 is 6.10. The molecule has 1 aromatic heterocycles. The van der Waals surface area contributed by atoms with E-state index in [-0.39, 0.29) is 24.6 Å². The van der Waals surface area contributed by atoms with Gasteiger partial charge in [-0.1, -0.05) is 23.7 Å². The van der Waals surface area contributed by atoms with Gasteiger partial charge >= 0.3 is 6.03 Å². The highest BCUT2D eigenvalue weighted by molar-refractivity contribution is 7.09. The van der Waals surface area contributed by atoms with Crippen LogP contribution in [0.3, 0.4) is 0 Å². The number of benzene rings is 2. The molecule has 0 radical (unpaired) electrons. The Kier molecular flexibility index (Phi) is 7.31. The van der Waals surface area contributed by atoms with Crippen molar-refractivity contribution in [3.05, 3.63) is 80.8 Å². The molecule has 1 N–H and O–H groups in total. The van der Waals surface area contributed by atoms with Crippen molar-refractivity contribution in [3.63, 3.8) is 0 Å². The van der Waals surface area contributed by atoms with Gasteiger partial charge in [-0.15, -0.1) is 11.3 Å². The predicted octanol–water partition coefficient (Wildman–Crippen LogP) is 4.55. The van der Waals surface area contributed by atoms with Gasteiger partial charge in [0.05, 0.1) is 33.7 Å². The molecule has 3 heterocycles. The Morgan fingerprint density at radius 1 is 1.26 bits per heavy atom. The number of nitriles is 1. The molecule has 0 bridgehead atoms. The Hall–Kier alpha value is -3.94. The fourth-order valence-electron chi connectivity index (χ4n) is 4.60. The van der Waals surface area contributed by atoms with Crippen molar-refractivity contribution in [1.29, 1.82) is 5.26 Å². The van der Waals surface area contributed by atoms with Gasteiger partial charge in [0.15, 0.2) is 0 Å². The zero-order chi connectivity index (χ0) is 26.8. The Balaban J connectivity index is 1.69. The van der Waals surface area contributed by atoms with Crippen molar-refractivity contribution in [2.75, 3.05) is 19.6 Å². The second kappa shape index (κ2) is 10.8. The number of amidine groups is 1. The SMILES string of the molecule is CC(C)Oc1cc(C#N)ccc1C1=N[C@@H](c2ccc(Cl)cc2)[C@@H](c2cncs2)N1C(=O)N1CCNC(=O)C1. The number of nitrogens with zero attached hydrogens (tertiary/aromatic N) is 5. The number of ether oxygens (including phenoxy) is 1. The Morgan fingerprint density at radius 2 is 2.05 bits per heavy atom. The number of aliphatic imine (C=N–C) groups is 1. The first-order valence-corrected chi connectivity index (χ1v) is 13.4. The quantitative estimate of drug-likeness (QED) is 0.503. The average Bonchev–Trinajstić information content (AvgIpc) is 3.56. The summed E-state index contributed by atoms with van der Waals surface area (Å²) in [7, 11) is 0. The van der Waals surface area contributed by atoms with E-state index in [1.54, 1.807) is 46.9 Å². The van der Waals surface area contributed by atoms with E-state index in [0.717, 1.165) is 10.4 Å². The molecule has 5 rings (SSSR count). The van der Waals surface area contributed by atoms with E-state index in [0.29, 0.717) is 40.8 Å². The number of piperazine rings is 1. The number of thiazole rings is 1. The number of hydrogen-bond donors (Lipinski definition) is 1. The van der Waals surface area contributed by atoms with Crippen LogP contribution in [-0.4, -0.2) is 58.3 Å². The molecule has 0 saturated carbocycles. The van der Waals surface area contributed by atoms with Gasteiger partial charge in [-0.3, -0.25) is 19.7 Å². The van der Waals surface area contributed by atoms with Gasteiger partial charge in [0.25, 0.3) is 0 Å². The molecule has 0 spiro atoms. The van der Waals surface area contributed by atoms with Crippen molar-refractivity contribution in [3.8, 4) is 11.8 Å². The standard InChI is InChI=1S/C27H25ClN6O3S/c1-16(2)37-21-11-17(12-29)3-8-20(21)26-32-24(18-4-6-19(28)7-5-18)25(22-13-30-15-38-22)34(26)27(36)33-10-9-31-23(35)14-33/h3-8,11,13,15-16,24-25H,9-10,14H2,1-2H3,(H,31,35)/t24-,25+/m0/s1. The number of halogens is 1. The summed E-state index contributed by atoms with van der Waals surface area (Å²) >= 11 is 7.61. The van der Waals surface area contributed by atoms with Crippen molar-refractivity contribution in [2.24, 2.45) is 4.99 Å². The fraction of sp³-hybridized carbons (Fsp3) is 0.296. The average molecular weight is 549 g/mol. The predicted molar refractivity (Wildman–Crippen MR) is 144 cm³/mol. The summed E-state index contributed by atoms with van der Waals surface area (Å²) in [5.41, 5.74) is 3.61. The van der Waals surface area contributed by atoms with Crippen LogP contribution in [0.5, 0.6) is 5.75 Å². The molecule has 0 aliphatic carbocycles. The fourth-order valence-corrected chi connectivity index (χ4v) is 5.46. The highest BCUT2D eigenvalue weighted by atomic mass is 35.5. The summed E-state index contributed by atoms with van der Waals surface area (Å²) in [6, 6.07) is 13.3. The molecule has 2 aliphatic heterocycles. The molecule has 1 saturated heterocycles. The van der Waals surface area contributed by atoms with Crippen LogP contribution in [0.4, 0.5) is 4.79 Å². The molecule has 2 atom stereocenters. The normalized spacial score (nSPS) is 19.2. The second-order valence-electron chi connectivity index (χ2n) is 9.21. The highest BCUT2D eigenvalue weighted by Gasteiger charge is 2.45. The third-order valence-corrected chi connectivity index (χ3v) is 7.35. The lowest BCUT2D eigenvalue weighted by Gasteiger charge is -2.35. The van der Waals surface area contributed by atoms with Crippen LogP contribution in [0.2, 0.25) is 5.02 Å². The van der Waals surface area contributed by atoms with Crippen molar-refractivity contribution in [1.82, 2.24) is 20.1 Å². The minimum atomic E-state index is -0.515. The maximum Gasteiger partial charge on any atom is 0.326 e. The number of hydrogen-bond acceptors (Lipinski definition) is 7. The molecule has 3 amide bonds. The van der Waals surface area contributed by atoms with Gasteiger partial charge in [0.2, 0.25) is 5.91 Å². The lowest BCUT2D eigenvalue weighted by Crippen LogP contribution is -2.55. The minimum absolute atomic E-state index is 0.0492. The lowest BCUT2D eigenvalue weighted by molar-refractivity contribution is -0.123.